The molecular formula is C10H21FN2O2. The normalized spacial score (nSPS) is 13.5. The molecule has 0 heterocycles. The Morgan fingerprint density at radius 3 is 2.40 bits per heavy atom. The molecule has 90 valence electrons. The Bertz CT molecular complexity index is 200. The highest BCUT2D eigenvalue weighted by molar-refractivity contribution is 5.67. The number of nitrogens with zero attached hydrogens (tertiary/aromatic N) is 1. The van der Waals surface area contributed by atoms with Gasteiger partial charge >= 0.3 is 6.09 Å². The van der Waals surface area contributed by atoms with E-state index in [0.29, 0.717) is 0 Å². The number of hydrogen-bond acceptors (Lipinski definition) is 3. The van der Waals surface area contributed by atoms with Crippen molar-refractivity contribution in [2.45, 2.75) is 26.4 Å². The van der Waals surface area contributed by atoms with E-state index in [1.165, 1.54) is 4.90 Å². The van der Waals surface area contributed by atoms with Gasteiger partial charge in [0.2, 0.25) is 0 Å². The minimum atomic E-state index is -0.529. The van der Waals surface area contributed by atoms with Gasteiger partial charge in [-0.3, -0.25) is 4.39 Å². The van der Waals surface area contributed by atoms with Crippen LogP contribution in [0.25, 0.3) is 0 Å². The summed E-state index contributed by atoms with van der Waals surface area (Å²) in [6.07, 6.45) is -0.450. The van der Waals surface area contributed by atoms with Crippen LogP contribution in [0.3, 0.4) is 0 Å². The summed E-state index contributed by atoms with van der Waals surface area (Å²) in [5.74, 6) is -0.317. The standard InChI is InChI=1S/C10H21FN2O2/c1-10(2,3)15-9(14)13(4)7-8(5-11)6-12/h8H,5-7,12H2,1-4H3. The molecule has 0 aromatic rings. The number of ether oxygens (including phenoxy) is 1. The Hall–Kier alpha value is -0.840. The summed E-state index contributed by atoms with van der Waals surface area (Å²) in [4.78, 5) is 12.8. The van der Waals surface area contributed by atoms with Crippen LogP contribution in [0, 0.1) is 5.92 Å². The quantitative estimate of drug-likeness (QED) is 0.779. The fraction of sp³-hybridized carbons (Fsp3) is 0.900. The van der Waals surface area contributed by atoms with Gasteiger partial charge in [0.1, 0.15) is 5.60 Å². The number of hydrogen-bond donors (Lipinski definition) is 1. The van der Waals surface area contributed by atoms with Crippen molar-refractivity contribution in [3.05, 3.63) is 0 Å². The molecule has 0 saturated heterocycles. The zero-order chi connectivity index (χ0) is 12.1. The summed E-state index contributed by atoms with van der Waals surface area (Å²) < 4.78 is 17.5. The lowest BCUT2D eigenvalue weighted by molar-refractivity contribution is 0.0269. The summed E-state index contributed by atoms with van der Waals surface area (Å²) in [5, 5.41) is 0. The maximum absolute atomic E-state index is 12.4. The number of rotatable bonds is 4. The first-order valence-electron chi connectivity index (χ1n) is 5.00. The molecule has 0 aliphatic heterocycles. The third kappa shape index (κ3) is 6.28. The molecule has 1 atom stereocenters. The number of halogens is 1. The summed E-state index contributed by atoms with van der Waals surface area (Å²) in [7, 11) is 1.58. The molecule has 1 unspecified atom stereocenters. The van der Waals surface area contributed by atoms with E-state index in [1.807, 2.05) is 0 Å². The molecule has 0 saturated carbocycles. The van der Waals surface area contributed by atoms with Crippen LogP contribution in [0.5, 0.6) is 0 Å². The van der Waals surface area contributed by atoms with Crippen molar-refractivity contribution in [2.24, 2.45) is 11.7 Å². The van der Waals surface area contributed by atoms with Crippen LogP contribution in [0.4, 0.5) is 9.18 Å². The van der Waals surface area contributed by atoms with Crippen LogP contribution in [0.15, 0.2) is 0 Å². The fourth-order valence-electron chi connectivity index (χ4n) is 0.988. The largest absolute Gasteiger partial charge is 0.444 e. The Morgan fingerprint density at radius 2 is 2.07 bits per heavy atom. The van der Waals surface area contributed by atoms with E-state index >= 15 is 0 Å². The van der Waals surface area contributed by atoms with Crippen LogP contribution in [-0.4, -0.2) is 43.4 Å². The Kier molecular flexibility index (Phi) is 5.57. The van der Waals surface area contributed by atoms with Crippen molar-refractivity contribution in [3.63, 3.8) is 0 Å². The minimum absolute atomic E-state index is 0.226. The van der Waals surface area contributed by atoms with E-state index in [4.69, 9.17) is 10.5 Å². The Labute approximate surface area is 90.6 Å². The van der Waals surface area contributed by atoms with Crippen molar-refractivity contribution >= 4 is 6.09 Å². The second kappa shape index (κ2) is 5.90. The molecule has 15 heavy (non-hydrogen) atoms. The summed E-state index contributed by atoms with van der Waals surface area (Å²) >= 11 is 0. The predicted molar refractivity (Wildman–Crippen MR) is 57.4 cm³/mol. The van der Waals surface area contributed by atoms with Gasteiger partial charge in [-0.2, -0.15) is 0 Å². The zero-order valence-electron chi connectivity index (χ0n) is 9.92. The fourth-order valence-corrected chi connectivity index (χ4v) is 0.988. The van der Waals surface area contributed by atoms with Crippen LogP contribution >= 0.6 is 0 Å². The molecule has 0 aliphatic rings. The first-order chi connectivity index (χ1) is 6.80. The summed E-state index contributed by atoms with van der Waals surface area (Å²) in [5.41, 5.74) is 4.81. The molecule has 0 radical (unpaired) electrons. The first-order valence-corrected chi connectivity index (χ1v) is 5.00. The van der Waals surface area contributed by atoms with Crippen molar-refractivity contribution in [3.8, 4) is 0 Å². The van der Waals surface area contributed by atoms with Crippen molar-refractivity contribution < 1.29 is 13.9 Å². The smallest absolute Gasteiger partial charge is 0.410 e. The first kappa shape index (κ1) is 14.2. The highest BCUT2D eigenvalue weighted by Crippen LogP contribution is 2.10. The maximum Gasteiger partial charge on any atom is 0.410 e. The SMILES string of the molecule is CN(CC(CN)CF)C(=O)OC(C)(C)C. The maximum atomic E-state index is 12.4. The van der Waals surface area contributed by atoms with Crippen molar-refractivity contribution in [1.29, 1.82) is 0 Å². The molecule has 2 N–H and O–H groups in total. The molecule has 0 bridgehead atoms. The summed E-state index contributed by atoms with van der Waals surface area (Å²) in [6.45, 7) is 5.34. The van der Waals surface area contributed by atoms with Gasteiger partial charge in [0, 0.05) is 19.5 Å². The van der Waals surface area contributed by atoms with E-state index in [9.17, 15) is 9.18 Å². The molecule has 5 heteroatoms. The third-order valence-electron chi connectivity index (χ3n) is 1.79. The lowest BCUT2D eigenvalue weighted by Gasteiger charge is -2.26. The Morgan fingerprint density at radius 1 is 1.53 bits per heavy atom. The molecule has 0 aliphatic carbocycles. The van der Waals surface area contributed by atoms with Crippen LogP contribution < -0.4 is 5.73 Å². The second-order valence-electron chi connectivity index (χ2n) is 4.62. The number of amides is 1. The van der Waals surface area contributed by atoms with Gasteiger partial charge in [-0.15, -0.1) is 0 Å². The van der Waals surface area contributed by atoms with Gasteiger partial charge in [0.25, 0.3) is 0 Å². The average Bonchev–Trinajstić information content (AvgIpc) is 2.10. The zero-order valence-corrected chi connectivity index (χ0v) is 9.92. The molecule has 0 spiro atoms. The van der Waals surface area contributed by atoms with Gasteiger partial charge in [-0.25, -0.2) is 4.79 Å². The molecule has 4 nitrogen and oxygen atoms in total. The molecule has 0 fully saturated rings. The van der Waals surface area contributed by atoms with E-state index in [2.05, 4.69) is 0 Å². The second-order valence-corrected chi connectivity index (χ2v) is 4.62. The number of carbonyl (C=O) groups is 1. The van der Waals surface area contributed by atoms with Gasteiger partial charge < -0.3 is 15.4 Å². The minimum Gasteiger partial charge on any atom is -0.444 e. The lowest BCUT2D eigenvalue weighted by Crippen LogP contribution is -2.39. The number of carbonyl (C=O) groups excluding carboxylic acids is 1. The Balaban J connectivity index is 4.09. The molecule has 0 aromatic heterocycles. The summed E-state index contributed by atoms with van der Waals surface area (Å²) in [6, 6.07) is 0. The van der Waals surface area contributed by atoms with Gasteiger partial charge in [0.15, 0.2) is 0 Å². The van der Waals surface area contributed by atoms with Gasteiger partial charge in [-0.1, -0.05) is 0 Å². The van der Waals surface area contributed by atoms with Crippen LogP contribution in [0.1, 0.15) is 20.8 Å². The highest BCUT2D eigenvalue weighted by atomic mass is 19.1. The van der Waals surface area contributed by atoms with E-state index in [0.717, 1.165) is 0 Å². The number of nitrogens with two attached hydrogens (primary N) is 1. The van der Waals surface area contributed by atoms with E-state index in [-0.39, 0.29) is 19.0 Å². The molecule has 0 aromatic carbocycles. The predicted octanol–water partition coefficient (Wildman–Crippen LogP) is 1.40. The number of alkyl halides is 1. The monoisotopic (exact) mass is 220 g/mol. The van der Waals surface area contributed by atoms with Crippen molar-refractivity contribution in [2.75, 3.05) is 26.8 Å². The topological polar surface area (TPSA) is 55.6 Å². The lowest BCUT2D eigenvalue weighted by atomic mass is 10.1. The highest BCUT2D eigenvalue weighted by Gasteiger charge is 2.21. The average molecular weight is 220 g/mol. The van der Waals surface area contributed by atoms with Crippen molar-refractivity contribution in [1.82, 2.24) is 4.90 Å². The van der Waals surface area contributed by atoms with Crippen LogP contribution in [-0.2, 0) is 4.74 Å². The van der Waals surface area contributed by atoms with Gasteiger partial charge in [0.05, 0.1) is 6.67 Å². The van der Waals surface area contributed by atoms with E-state index in [1.54, 1.807) is 27.8 Å². The molecule has 1 amide bonds. The molecular weight excluding hydrogens is 199 g/mol. The van der Waals surface area contributed by atoms with Crippen LogP contribution in [0.2, 0.25) is 0 Å². The third-order valence-corrected chi connectivity index (χ3v) is 1.79. The molecule has 0 rings (SSSR count). The van der Waals surface area contributed by atoms with E-state index < -0.39 is 18.4 Å². The van der Waals surface area contributed by atoms with Gasteiger partial charge in [-0.05, 0) is 27.3 Å².